The zero-order valence-corrected chi connectivity index (χ0v) is 16.0. The third-order valence-electron chi connectivity index (χ3n) is 4.89. The molecule has 1 aliphatic heterocycles. The Hall–Kier alpha value is -3.06. The van der Waals surface area contributed by atoms with Crippen molar-refractivity contribution in [3.63, 3.8) is 0 Å². The predicted octanol–water partition coefficient (Wildman–Crippen LogP) is 2.17. The molecule has 7 heteroatoms. The minimum absolute atomic E-state index is 0.0407. The molecule has 28 heavy (non-hydrogen) atoms. The molecule has 2 aromatic carbocycles. The Balaban J connectivity index is 1.74. The highest BCUT2D eigenvalue weighted by atomic mass is 16.5. The highest BCUT2D eigenvalue weighted by Gasteiger charge is 2.35. The van der Waals surface area contributed by atoms with Crippen LogP contribution in [0.3, 0.4) is 0 Å². The van der Waals surface area contributed by atoms with E-state index in [-0.39, 0.29) is 12.5 Å². The Morgan fingerprint density at radius 2 is 1.89 bits per heavy atom. The Kier molecular flexibility index (Phi) is 6.16. The van der Waals surface area contributed by atoms with Crippen LogP contribution in [0.15, 0.2) is 48.5 Å². The van der Waals surface area contributed by atoms with Crippen LogP contribution in [-0.2, 0) is 16.1 Å². The fraction of sp³-hybridized carbons (Fsp3) is 0.333. The summed E-state index contributed by atoms with van der Waals surface area (Å²) in [6.07, 6.45) is 0. The van der Waals surface area contributed by atoms with E-state index in [9.17, 15) is 14.7 Å². The van der Waals surface area contributed by atoms with Gasteiger partial charge in [0.1, 0.15) is 17.5 Å². The predicted molar refractivity (Wildman–Crippen MR) is 103 cm³/mol. The van der Waals surface area contributed by atoms with Crippen molar-refractivity contribution in [3.05, 3.63) is 59.7 Å². The molecule has 3 rings (SSSR count). The number of hydrogen-bond donors (Lipinski definition) is 1. The number of carbonyl (C=O) groups is 2. The number of hydrogen-bond acceptors (Lipinski definition) is 5. The van der Waals surface area contributed by atoms with Crippen LogP contribution >= 0.6 is 0 Å². The van der Waals surface area contributed by atoms with E-state index in [1.54, 1.807) is 41.2 Å². The summed E-state index contributed by atoms with van der Waals surface area (Å²) in [7, 11) is 3.11. The summed E-state index contributed by atoms with van der Waals surface area (Å²) in [5.74, 6) is 0.139. The molecule has 1 fully saturated rings. The first-order valence-electron chi connectivity index (χ1n) is 9.04. The first-order chi connectivity index (χ1) is 13.5. The van der Waals surface area contributed by atoms with Crippen LogP contribution in [0.5, 0.6) is 11.5 Å². The highest BCUT2D eigenvalue weighted by Crippen LogP contribution is 2.30. The summed E-state index contributed by atoms with van der Waals surface area (Å²) < 4.78 is 10.5. The van der Waals surface area contributed by atoms with E-state index in [0.717, 1.165) is 11.3 Å². The second-order valence-electron chi connectivity index (χ2n) is 6.62. The summed E-state index contributed by atoms with van der Waals surface area (Å²) in [6, 6.07) is 13.7. The van der Waals surface area contributed by atoms with Crippen molar-refractivity contribution in [1.29, 1.82) is 0 Å². The van der Waals surface area contributed by atoms with Crippen LogP contribution in [0, 0.1) is 0 Å². The topological polar surface area (TPSA) is 79.3 Å². The number of rotatable bonds is 7. The zero-order valence-electron chi connectivity index (χ0n) is 16.0. The second-order valence-corrected chi connectivity index (χ2v) is 6.62. The molecule has 1 saturated heterocycles. The quantitative estimate of drug-likeness (QED) is 0.788. The number of methoxy groups -OCH3 is 2. The summed E-state index contributed by atoms with van der Waals surface area (Å²) in [4.78, 5) is 28.1. The van der Waals surface area contributed by atoms with E-state index in [2.05, 4.69) is 0 Å². The van der Waals surface area contributed by atoms with Crippen molar-refractivity contribution >= 4 is 11.9 Å². The summed E-state index contributed by atoms with van der Waals surface area (Å²) in [5, 5.41) is 9.81. The average molecular weight is 384 g/mol. The maximum Gasteiger partial charge on any atom is 0.325 e. The molecule has 1 heterocycles. The first kappa shape index (κ1) is 19.7. The van der Waals surface area contributed by atoms with E-state index in [0.29, 0.717) is 30.9 Å². The average Bonchev–Trinajstić information content (AvgIpc) is 2.70. The van der Waals surface area contributed by atoms with Crippen molar-refractivity contribution in [3.8, 4) is 11.5 Å². The van der Waals surface area contributed by atoms with Gasteiger partial charge in [-0.15, -0.1) is 0 Å². The highest BCUT2D eigenvalue weighted by molar-refractivity contribution is 5.82. The monoisotopic (exact) mass is 384 g/mol. The number of nitrogens with zero attached hydrogens (tertiary/aromatic N) is 2. The van der Waals surface area contributed by atoms with E-state index < -0.39 is 12.0 Å². The van der Waals surface area contributed by atoms with Gasteiger partial charge in [0.05, 0.1) is 20.8 Å². The number of ether oxygens (including phenoxy) is 2. The van der Waals surface area contributed by atoms with Gasteiger partial charge in [0.15, 0.2) is 0 Å². The first-order valence-corrected chi connectivity index (χ1v) is 9.04. The van der Waals surface area contributed by atoms with Gasteiger partial charge in [-0.3, -0.25) is 14.5 Å². The molecule has 0 spiro atoms. The van der Waals surface area contributed by atoms with Gasteiger partial charge < -0.3 is 19.5 Å². The minimum atomic E-state index is -1.00. The summed E-state index contributed by atoms with van der Waals surface area (Å²) >= 11 is 0. The number of para-hydroxylation sites is 1. The van der Waals surface area contributed by atoms with Gasteiger partial charge in [0, 0.05) is 25.2 Å². The van der Waals surface area contributed by atoms with Crippen LogP contribution in [0.2, 0.25) is 0 Å². The second kappa shape index (κ2) is 8.75. The molecule has 148 valence electrons. The lowest BCUT2D eigenvalue weighted by Gasteiger charge is -2.37. The molecule has 0 aliphatic carbocycles. The Morgan fingerprint density at radius 3 is 2.57 bits per heavy atom. The van der Waals surface area contributed by atoms with Crippen molar-refractivity contribution in [2.45, 2.75) is 12.6 Å². The molecule has 1 unspecified atom stereocenters. The number of carbonyl (C=O) groups excluding carboxylic acids is 1. The Labute approximate surface area is 164 Å². The molecule has 0 saturated carbocycles. The van der Waals surface area contributed by atoms with Crippen LogP contribution in [-0.4, -0.2) is 60.6 Å². The maximum absolute atomic E-state index is 12.7. The third-order valence-corrected chi connectivity index (χ3v) is 4.89. The number of piperazine rings is 1. The van der Waals surface area contributed by atoms with Crippen molar-refractivity contribution in [1.82, 2.24) is 9.80 Å². The Morgan fingerprint density at radius 1 is 1.11 bits per heavy atom. The van der Waals surface area contributed by atoms with E-state index >= 15 is 0 Å². The van der Waals surface area contributed by atoms with Gasteiger partial charge in [0.25, 0.3) is 0 Å². The van der Waals surface area contributed by atoms with Crippen molar-refractivity contribution in [2.24, 2.45) is 0 Å². The number of carboxylic acid groups (broad SMARTS) is 1. The summed E-state index contributed by atoms with van der Waals surface area (Å²) in [6.45, 7) is 1.43. The molecule has 0 aromatic heterocycles. The fourth-order valence-electron chi connectivity index (χ4n) is 3.48. The lowest BCUT2D eigenvalue weighted by molar-refractivity contribution is -0.148. The third kappa shape index (κ3) is 4.26. The largest absolute Gasteiger partial charge is 0.497 e. The molecule has 7 nitrogen and oxygen atoms in total. The molecule has 1 aliphatic rings. The van der Waals surface area contributed by atoms with E-state index in [1.165, 1.54) is 7.11 Å². The van der Waals surface area contributed by atoms with Gasteiger partial charge in [-0.2, -0.15) is 0 Å². The van der Waals surface area contributed by atoms with Gasteiger partial charge in [0.2, 0.25) is 5.91 Å². The molecule has 1 N–H and O–H groups in total. The minimum Gasteiger partial charge on any atom is -0.497 e. The molecule has 2 aromatic rings. The number of aliphatic carboxylic acids is 1. The van der Waals surface area contributed by atoms with Gasteiger partial charge in [-0.05, 0) is 23.8 Å². The SMILES string of the molecule is COc1cccc(CN2CCN(C(C(=O)O)c3ccccc3OC)CC2=O)c1. The number of amides is 1. The number of carboxylic acids is 1. The maximum atomic E-state index is 12.7. The summed E-state index contributed by atoms with van der Waals surface area (Å²) in [5.41, 5.74) is 1.52. The standard InChI is InChI=1S/C21H24N2O5/c1-27-16-7-5-6-15(12-16)13-22-10-11-23(14-19(22)24)20(21(25)26)17-8-3-4-9-18(17)28-2/h3-9,12,20H,10-11,13-14H2,1-2H3,(H,25,26). The number of benzene rings is 2. The Bertz CT molecular complexity index is 854. The molecular formula is C21H24N2O5. The van der Waals surface area contributed by atoms with Crippen molar-refractivity contribution in [2.75, 3.05) is 33.9 Å². The van der Waals surface area contributed by atoms with Gasteiger partial charge in [-0.25, -0.2) is 0 Å². The van der Waals surface area contributed by atoms with E-state index in [1.807, 2.05) is 24.3 Å². The molecular weight excluding hydrogens is 360 g/mol. The lowest BCUT2D eigenvalue weighted by Crippen LogP contribution is -2.52. The van der Waals surface area contributed by atoms with E-state index in [4.69, 9.17) is 9.47 Å². The van der Waals surface area contributed by atoms with Crippen LogP contribution in [0.25, 0.3) is 0 Å². The van der Waals surface area contributed by atoms with Crippen LogP contribution in [0.4, 0.5) is 0 Å². The smallest absolute Gasteiger partial charge is 0.325 e. The van der Waals surface area contributed by atoms with Crippen LogP contribution in [0.1, 0.15) is 17.2 Å². The fourth-order valence-corrected chi connectivity index (χ4v) is 3.48. The zero-order chi connectivity index (χ0) is 20.1. The molecule has 1 amide bonds. The van der Waals surface area contributed by atoms with Gasteiger partial charge >= 0.3 is 5.97 Å². The van der Waals surface area contributed by atoms with Crippen LogP contribution < -0.4 is 9.47 Å². The normalized spacial score (nSPS) is 15.9. The molecule has 0 radical (unpaired) electrons. The molecule has 1 atom stereocenters. The van der Waals surface area contributed by atoms with Gasteiger partial charge in [-0.1, -0.05) is 30.3 Å². The molecule has 0 bridgehead atoms. The van der Waals surface area contributed by atoms with Crippen molar-refractivity contribution < 1.29 is 24.2 Å². The lowest BCUT2D eigenvalue weighted by atomic mass is 10.0.